The summed E-state index contributed by atoms with van der Waals surface area (Å²) in [6.07, 6.45) is 0.639. The lowest BCUT2D eigenvalue weighted by molar-refractivity contribution is -0.119. The summed E-state index contributed by atoms with van der Waals surface area (Å²) in [6, 6.07) is 0. The lowest BCUT2D eigenvalue weighted by Gasteiger charge is -2.05. The van der Waals surface area contributed by atoms with Gasteiger partial charge in [-0.1, -0.05) is 18.5 Å². The molecule has 16 heavy (non-hydrogen) atoms. The number of carbonyl (C=O) groups is 2. The Hall–Kier alpha value is -1.56. The van der Waals surface area contributed by atoms with Gasteiger partial charge in [0.2, 0.25) is 5.91 Å². The van der Waals surface area contributed by atoms with Crippen molar-refractivity contribution < 1.29 is 9.59 Å². The van der Waals surface area contributed by atoms with Crippen molar-refractivity contribution in [3.63, 3.8) is 0 Å². The van der Waals surface area contributed by atoms with Crippen LogP contribution in [0.15, 0.2) is 0 Å². The molecule has 1 heterocycles. The van der Waals surface area contributed by atoms with E-state index in [0.717, 1.165) is 0 Å². The molecular formula is C9H13ClN4O2. The molecule has 0 fully saturated rings. The summed E-state index contributed by atoms with van der Waals surface area (Å²) in [7, 11) is 1.62. The van der Waals surface area contributed by atoms with Gasteiger partial charge < -0.3 is 0 Å². The fourth-order valence-electron chi connectivity index (χ4n) is 1.23. The van der Waals surface area contributed by atoms with Crippen LogP contribution in [0.5, 0.6) is 0 Å². The van der Waals surface area contributed by atoms with Crippen molar-refractivity contribution in [1.29, 1.82) is 0 Å². The molecule has 1 aromatic rings. The number of rotatable bonds is 2. The Bertz CT molecular complexity index is 427. The summed E-state index contributed by atoms with van der Waals surface area (Å²) < 4.78 is 1.39. The molecule has 0 aliphatic rings. The SMILES string of the molecule is CCc1nn(C)c(C(=O)NNC(C)=O)c1Cl. The normalized spacial score (nSPS) is 10.0. The van der Waals surface area contributed by atoms with E-state index >= 15 is 0 Å². The van der Waals surface area contributed by atoms with Gasteiger partial charge >= 0.3 is 0 Å². The van der Waals surface area contributed by atoms with Crippen LogP contribution in [0.25, 0.3) is 0 Å². The van der Waals surface area contributed by atoms with Crippen molar-refractivity contribution in [3.8, 4) is 0 Å². The average Bonchev–Trinajstić information content (AvgIpc) is 2.50. The Morgan fingerprint density at radius 1 is 1.44 bits per heavy atom. The van der Waals surface area contributed by atoms with Gasteiger partial charge in [-0.25, -0.2) is 0 Å². The maximum absolute atomic E-state index is 11.6. The smallest absolute Gasteiger partial charge is 0.274 e. The molecule has 0 saturated carbocycles. The molecule has 0 unspecified atom stereocenters. The molecule has 2 amide bonds. The number of hydrazine groups is 1. The standard InChI is InChI=1S/C9H13ClN4O2/c1-4-6-7(10)8(14(3)13-6)9(16)12-11-5(2)15/h4H2,1-3H3,(H,11,15)(H,12,16). The van der Waals surface area contributed by atoms with Gasteiger partial charge in [0.1, 0.15) is 5.69 Å². The molecule has 0 aliphatic heterocycles. The Kier molecular flexibility index (Phi) is 3.89. The second-order valence-corrected chi connectivity index (χ2v) is 3.60. The number of aryl methyl sites for hydroxylation is 2. The third kappa shape index (κ3) is 2.52. The third-order valence-corrected chi connectivity index (χ3v) is 2.35. The van der Waals surface area contributed by atoms with Gasteiger partial charge in [-0.15, -0.1) is 0 Å². The van der Waals surface area contributed by atoms with Crippen LogP contribution in [0, 0.1) is 0 Å². The zero-order valence-electron chi connectivity index (χ0n) is 9.30. The van der Waals surface area contributed by atoms with Crippen LogP contribution in [0.1, 0.15) is 30.0 Å². The van der Waals surface area contributed by atoms with Crippen molar-refractivity contribution >= 4 is 23.4 Å². The van der Waals surface area contributed by atoms with E-state index in [4.69, 9.17) is 11.6 Å². The number of amides is 2. The van der Waals surface area contributed by atoms with Crippen LogP contribution in [0.4, 0.5) is 0 Å². The van der Waals surface area contributed by atoms with Crippen LogP contribution in [-0.2, 0) is 18.3 Å². The topological polar surface area (TPSA) is 76.0 Å². The fraction of sp³-hybridized carbons (Fsp3) is 0.444. The van der Waals surface area contributed by atoms with Crippen molar-refractivity contribution in [2.24, 2.45) is 7.05 Å². The molecule has 1 rings (SSSR count). The lowest BCUT2D eigenvalue weighted by Crippen LogP contribution is -2.41. The van der Waals surface area contributed by atoms with E-state index in [1.165, 1.54) is 11.6 Å². The summed E-state index contributed by atoms with van der Waals surface area (Å²) in [5, 5.41) is 4.40. The van der Waals surface area contributed by atoms with Gasteiger partial charge in [0.15, 0.2) is 0 Å². The highest BCUT2D eigenvalue weighted by Crippen LogP contribution is 2.20. The van der Waals surface area contributed by atoms with Gasteiger partial charge in [-0.05, 0) is 6.42 Å². The first-order valence-corrected chi connectivity index (χ1v) is 5.13. The molecule has 88 valence electrons. The third-order valence-electron chi connectivity index (χ3n) is 1.96. The van der Waals surface area contributed by atoms with E-state index < -0.39 is 5.91 Å². The fourth-order valence-corrected chi connectivity index (χ4v) is 1.61. The zero-order valence-corrected chi connectivity index (χ0v) is 10.1. The van der Waals surface area contributed by atoms with E-state index in [-0.39, 0.29) is 11.6 Å². The van der Waals surface area contributed by atoms with Crippen molar-refractivity contribution in [1.82, 2.24) is 20.6 Å². The molecular weight excluding hydrogens is 232 g/mol. The number of halogens is 1. The highest BCUT2D eigenvalue weighted by molar-refractivity contribution is 6.34. The first-order chi connectivity index (χ1) is 7.47. The number of hydrogen-bond donors (Lipinski definition) is 2. The zero-order chi connectivity index (χ0) is 12.3. The molecule has 0 bridgehead atoms. The highest BCUT2D eigenvalue weighted by atomic mass is 35.5. The van der Waals surface area contributed by atoms with Gasteiger partial charge in [0.25, 0.3) is 5.91 Å². The van der Waals surface area contributed by atoms with E-state index in [2.05, 4.69) is 16.0 Å². The van der Waals surface area contributed by atoms with Crippen LogP contribution in [0.2, 0.25) is 5.02 Å². The largest absolute Gasteiger partial charge is 0.289 e. The monoisotopic (exact) mass is 244 g/mol. The summed E-state index contributed by atoms with van der Waals surface area (Å²) in [6.45, 7) is 3.19. The maximum atomic E-state index is 11.6. The summed E-state index contributed by atoms with van der Waals surface area (Å²) in [4.78, 5) is 22.3. The number of nitrogens with zero attached hydrogens (tertiary/aromatic N) is 2. The second-order valence-electron chi connectivity index (χ2n) is 3.22. The van der Waals surface area contributed by atoms with Gasteiger partial charge in [-0.2, -0.15) is 5.10 Å². The molecule has 0 atom stereocenters. The molecule has 6 nitrogen and oxygen atoms in total. The average molecular weight is 245 g/mol. The van der Waals surface area contributed by atoms with Crippen LogP contribution in [0.3, 0.4) is 0 Å². The van der Waals surface area contributed by atoms with E-state index in [0.29, 0.717) is 17.1 Å². The Balaban J connectivity index is 2.90. The second kappa shape index (κ2) is 4.98. The van der Waals surface area contributed by atoms with E-state index in [9.17, 15) is 9.59 Å². The van der Waals surface area contributed by atoms with E-state index in [1.807, 2.05) is 6.92 Å². The van der Waals surface area contributed by atoms with Crippen molar-refractivity contribution in [2.75, 3.05) is 0 Å². The van der Waals surface area contributed by atoms with Crippen LogP contribution in [-0.4, -0.2) is 21.6 Å². The molecule has 0 saturated heterocycles. The molecule has 2 N–H and O–H groups in total. The Labute approximate surface area is 97.9 Å². The maximum Gasteiger partial charge on any atom is 0.289 e. The van der Waals surface area contributed by atoms with Crippen LogP contribution < -0.4 is 10.9 Å². The molecule has 0 radical (unpaired) electrons. The first-order valence-electron chi connectivity index (χ1n) is 4.75. The number of nitrogens with one attached hydrogen (secondary N) is 2. The first kappa shape index (κ1) is 12.5. The predicted octanol–water partition coefficient (Wildman–Crippen LogP) is 0.417. The minimum absolute atomic E-state index is 0.229. The molecule has 7 heteroatoms. The number of hydrogen-bond acceptors (Lipinski definition) is 3. The number of carbonyl (C=O) groups excluding carboxylic acids is 2. The highest BCUT2D eigenvalue weighted by Gasteiger charge is 2.19. The Morgan fingerprint density at radius 3 is 2.50 bits per heavy atom. The molecule has 0 aliphatic carbocycles. The van der Waals surface area contributed by atoms with Crippen molar-refractivity contribution in [3.05, 3.63) is 16.4 Å². The summed E-state index contributed by atoms with van der Waals surface area (Å²) >= 11 is 5.98. The van der Waals surface area contributed by atoms with Crippen molar-refractivity contribution in [2.45, 2.75) is 20.3 Å². The summed E-state index contributed by atoms with van der Waals surface area (Å²) in [5.41, 5.74) is 5.30. The minimum Gasteiger partial charge on any atom is -0.274 e. The van der Waals surface area contributed by atoms with Crippen LogP contribution >= 0.6 is 11.6 Å². The van der Waals surface area contributed by atoms with Gasteiger partial charge in [0.05, 0.1) is 10.7 Å². The lowest BCUT2D eigenvalue weighted by atomic mass is 10.3. The molecule has 0 aromatic carbocycles. The Morgan fingerprint density at radius 2 is 2.06 bits per heavy atom. The van der Waals surface area contributed by atoms with E-state index in [1.54, 1.807) is 7.05 Å². The number of aromatic nitrogens is 2. The molecule has 0 spiro atoms. The van der Waals surface area contributed by atoms with Gasteiger partial charge in [-0.3, -0.25) is 25.1 Å². The summed E-state index contributed by atoms with van der Waals surface area (Å²) in [5.74, 6) is -0.850. The predicted molar refractivity (Wildman–Crippen MR) is 58.9 cm³/mol. The van der Waals surface area contributed by atoms with Gasteiger partial charge in [0, 0.05) is 14.0 Å². The molecule has 1 aromatic heterocycles. The quantitative estimate of drug-likeness (QED) is 0.741. The minimum atomic E-state index is -0.491.